The number of anilines is 1. The van der Waals surface area contributed by atoms with Crippen LogP contribution in [0.2, 0.25) is 10.0 Å². The number of carbonyl (C=O) groups is 1. The lowest BCUT2D eigenvalue weighted by molar-refractivity contribution is -0.120. The van der Waals surface area contributed by atoms with Crippen LogP contribution in [0.15, 0.2) is 83.8 Å². The van der Waals surface area contributed by atoms with Crippen molar-refractivity contribution in [3.05, 3.63) is 94.5 Å². The molecule has 1 amide bonds. The molecular weight excluding hydrogens is 455 g/mol. The van der Waals surface area contributed by atoms with Gasteiger partial charge in [-0.05, 0) is 36.2 Å². The summed E-state index contributed by atoms with van der Waals surface area (Å²) in [7, 11) is -4.07. The van der Waals surface area contributed by atoms with Crippen molar-refractivity contribution in [2.75, 3.05) is 10.8 Å². The lowest BCUT2D eigenvalue weighted by Gasteiger charge is -2.26. The Hall–Kier alpha value is -2.54. The summed E-state index contributed by atoms with van der Waals surface area (Å²) < 4.78 is 27.8. The third kappa shape index (κ3) is 5.39. The van der Waals surface area contributed by atoms with Crippen molar-refractivity contribution in [1.29, 1.82) is 0 Å². The molecule has 0 radical (unpaired) electrons. The van der Waals surface area contributed by atoms with Gasteiger partial charge in [0.25, 0.3) is 10.0 Å². The molecule has 0 saturated heterocycles. The van der Waals surface area contributed by atoms with Crippen LogP contribution in [0.4, 0.5) is 5.69 Å². The van der Waals surface area contributed by atoms with Crippen molar-refractivity contribution in [3.63, 3.8) is 0 Å². The minimum Gasteiger partial charge on any atom is -0.348 e. The van der Waals surface area contributed by atoms with Crippen LogP contribution in [0.1, 0.15) is 24.9 Å². The van der Waals surface area contributed by atoms with Crippen molar-refractivity contribution in [1.82, 2.24) is 5.32 Å². The predicted octanol–water partition coefficient (Wildman–Crippen LogP) is 5.46. The quantitative estimate of drug-likeness (QED) is 0.469. The van der Waals surface area contributed by atoms with Gasteiger partial charge in [-0.3, -0.25) is 9.10 Å². The van der Waals surface area contributed by atoms with Crippen LogP contribution in [-0.2, 0) is 14.8 Å². The summed E-state index contributed by atoms with van der Waals surface area (Å²) in [6, 6.07) is 21.8. The van der Waals surface area contributed by atoms with Crippen LogP contribution in [-0.4, -0.2) is 20.9 Å². The molecule has 0 heterocycles. The Labute approximate surface area is 192 Å². The summed E-state index contributed by atoms with van der Waals surface area (Å²) in [6.45, 7) is 1.50. The Balaban J connectivity index is 1.95. The maximum Gasteiger partial charge on any atom is 0.264 e. The molecular formula is C23H22Cl2N2O3S. The van der Waals surface area contributed by atoms with Crippen LogP contribution < -0.4 is 9.62 Å². The van der Waals surface area contributed by atoms with E-state index in [1.165, 1.54) is 18.2 Å². The fraction of sp³-hybridized carbons (Fsp3) is 0.174. The summed E-state index contributed by atoms with van der Waals surface area (Å²) in [5.41, 5.74) is 1.08. The van der Waals surface area contributed by atoms with E-state index in [4.69, 9.17) is 23.2 Å². The average Bonchev–Trinajstić information content (AvgIpc) is 2.79. The lowest BCUT2D eigenvalue weighted by atomic mass is 10.0. The summed E-state index contributed by atoms with van der Waals surface area (Å²) in [4.78, 5) is 13.0. The highest BCUT2D eigenvalue weighted by Gasteiger charge is 2.29. The van der Waals surface area contributed by atoms with Crippen LogP contribution >= 0.6 is 23.2 Å². The van der Waals surface area contributed by atoms with Crippen molar-refractivity contribution in [2.45, 2.75) is 24.3 Å². The summed E-state index contributed by atoms with van der Waals surface area (Å²) in [6.07, 6.45) is 0.652. The highest BCUT2D eigenvalue weighted by atomic mass is 35.5. The molecule has 162 valence electrons. The fourth-order valence-corrected chi connectivity index (χ4v) is 5.08. The number of nitrogens with one attached hydrogen (secondary N) is 1. The smallest absolute Gasteiger partial charge is 0.264 e. The van der Waals surface area contributed by atoms with Crippen LogP contribution in [0.3, 0.4) is 0 Å². The van der Waals surface area contributed by atoms with E-state index in [9.17, 15) is 13.2 Å². The summed E-state index contributed by atoms with van der Waals surface area (Å²) in [5.74, 6) is -0.453. The molecule has 0 aliphatic rings. The zero-order chi connectivity index (χ0) is 22.4. The maximum absolute atomic E-state index is 13.4. The van der Waals surface area contributed by atoms with Crippen molar-refractivity contribution < 1.29 is 13.2 Å². The molecule has 0 aliphatic heterocycles. The number of carbonyl (C=O) groups excluding carboxylic acids is 1. The largest absolute Gasteiger partial charge is 0.348 e. The van der Waals surface area contributed by atoms with E-state index in [-0.39, 0.29) is 26.7 Å². The number of sulfonamides is 1. The number of nitrogens with zero attached hydrogens (tertiary/aromatic N) is 1. The molecule has 0 aromatic heterocycles. The number of rotatable bonds is 8. The summed E-state index contributed by atoms with van der Waals surface area (Å²) in [5, 5.41) is 3.18. The molecule has 3 aromatic rings. The normalized spacial score (nSPS) is 12.2. The second-order valence-electron chi connectivity index (χ2n) is 6.84. The molecule has 0 unspecified atom stereocenters. The van der Waals surface area contributed by atoms with Gasteiger partial charge in [-0.25, -0.2) is 8.42 Å². The van der Waals surface area contributed by atoms with E-state index in [2.05, 4.69) is 5.32 Å². The maximum atomic E-state index is 13.4. The Kier molecular flexibility index (Phi) is 7.59. The monoisotopic (exact) mass is 476 g/mol. The summed E-state index contributed by atoms with van der Waals surface area (Å²) >= 11 is 12.4. The van der Waals surface area contributed by atoms with Crippen LogP contribution in [0, 0.1) is 0 Å². The van der Waals surface area contributed by atoms with E-state index in [0.29, 0.717) is 6.42 Å². The number of hydrogen-bond acceptors (Lipinski definition) is 3. The van der Waals surface area contributed by atoms with Crippen molar-refractivity contribution in [3.8, 4) is 0 Å². The first-order chi connectivity index (χ1) is 14.8. The van der Waals surface area contributed by atoms with Gasteiger partial charge in [0.05, 0.1) is 26.7 Å². The van der Waals surface area contributed by atoms with E-state index in [1.54, 1.807) is 30.3 Å². The molecule has 5 nitrogen and oxygen atoms in total. The lowest BCUT2D eigenvalue weighted by Crippen LogP contribution is -2.42. The Morgan fingerprint density at radius 3 is 2.16 bits per heavy atom. The predicted molar refractivity (Wildman–Crippen MR) is 125 cm³/mol. The average molecular weight is 477 g/mol. The first-order valence-electron chi connectivity index (χ1n) is 9.70. The van der Waals surface area contributed by atoms with Gasteiger partial charge in [-0.15, -0.1) is 0 Å². The number of amides is 1. The molecule has 0 aliphatic carbocycles. The number of hydrogen-bond donors (Lipinski definition) is 1. The third-order valence-corrected chi connectivity index (χ3v) is 7.35. The molecule has 31 heavy (non-hydrogen) atoms. The first-order valence-corrected chi connectivity index (χ1v) is 11.9. The van der Waals surface area contributed by atoms with Gasteiger partial charge < -0.3 is 5.32 Å². The molecule has 3 aromatic carbocycles. The number of benzene rings is 3. The van der Waals surface area contributed by atoms with E-state index in [0.717, 1.165) is 9.87 Å². The second kappa shape index (κ2) is 10.2. The molecule has 0 spiro atoms. The molecule has 0 fully saturated rings. The van der Waals surface area contributed by atoms with E-state index < -0.39 is 22.5 Å². The Bertz CT molecular complexity index is 1140. The molecule has 3 rings (SSSR count). The highest BCUT2D eigenvalue weighted by Crippen LogP contribution is 2.35. The zero-order valence-electron chi connectivity index (χ0n) is 16.8. The zero-order valence-corrected chi connectivity index (χ0v) is 19.2. The van der Waals surface area contributed by atoms with Gasteiger partial charge in [-0.2, -0.15) is 0 Å². The highest BCUT2D eigenvalue weighted by molar-refractivity contribution is 7.92. The SMILES string of the molecule is CC[C@@H](NC(=O)CN(c1cccc(Cl)c1Cl)S(=O)(=O)c1ccccc1)c1ccccc1. The van der Waals surface area contributed by atoms with Crippen LogP contribution in [0.25, 0.3) is 0 Å². The minimum absolute atomic E-state index is 0.0499. The molecule has 0 bridgehead atoms. The minimum atomic E-state index is -4.07. The Morgan fingerprint density at radius 1 is 0.935 bits per heavy atom. The topological polar surface area (TPSA) is 66.5 Å². The van der Waals surface area contributed by atoms with Gasteiger partial charge in [0.1, 0.15) is 6.54 Å². The van der Waals surface area contributed by atoms with Crippen molar-refractivity contribution in [2.24, 2.45) is 0 Å². The third-order valence-electron chi connectivity index (χ3n) is 4.76. The van der Waals surface area contributed by atoms with Gasteiger partial charge in [-0.1, -0.05) is 84.7 Å². The molecule has 1 atom stereocenters. The molecule has 0 saturated carbocycles. The van der Waals surface area contributed by atoms with Gasteiger partial charge in [0, 0.05) is 0 Å². The number of halogens is 2. The van der Waals surface area contributed by atoms with Gasteiger partial charge in [0.15, 0.2) is 0 Å². The van der Waals surface area contributed by atoms with Crippen molar-refractivity contribution >= 4 is 44.8 Å². The fourth-order valence-electron chi connectivity index (χ4n) is 3.18. The van der Waals surface area contributed by atoms with Gasteiger partial charge in [0.2, 0.25) is 5.91 Å². The first kappa shape index (κ1) is 23.1. The molecule has 1 N–H and O–H groups in total. The van der Waals surface area contributed by atoms with E-state index >= 15 is 0 Å². The van der Waals surface area contributed by atoms with Gasteiger partial charge >= 0.3 is 0 Å². The second-order valence-corrected chi connectivity index (χ2v) is 9.48. The van der Waals surface area contributed by atoms with E-state index in [1.807, 2.05) is 37.3 Å². The Morgan fingerprint density at radius 2 is 1.55 bits per heavy atom. The standard InChI is InChI=1S/C23H22Cl2N2O3S/c1-2-20(17-10-5-3-6-11-17)26-22(28)16-27(21-15-9-14-19(24)23(21)25)31(29,30)18-12-7-4-8-13-18/h3-15,20H,2,16H2,1H3,(H,26,28)/t20-/m1/s1. The molecule has 8 heteroatoms. The van der Waals surface area contributed by atoms with Crippen LogP contribution in [0.5, 0.6) is 0 Å².